The molecular weight excluding hydrogens is 234 g/mol. The van der Waals surface area contributed by atoms with Crippen molar-refractivity contribution in [2.45, 2.75) is 38.0 Å². The van der Waals surface area contributed by atoms with Gasteiger partial charge in [0.2, 0.25) is 0 Å². The average molecular weight is 242 g/mol. The molecule has 0 unspecified atom stereocenters. The van der Waals surface area contributed by atoms with E-state index in [4.69, 9.17) is 0 Å². The van der Waals surface area contributed by atoms with Gasteiger partial charge >= 0.3 is 17.8 Å². The molecule has 0 N–H and O–H groups in total. The van der Waals surface area contributed by atoms with Gasteiger partial charge < -0.3 is 0 Å². The normalized spacial score (nSPS) is 30.0. The maximum absolute atomic E-state index is 13.3. The third kappa shape index (κ3) is 0.936. The molecule has 0 spiro atoms. The number of halogens is 6. The van der Waals surface area contributed by atoms with Crippen molar-refractivity contribution in [1.82, 2.24) is 0 Å². The Morgan fingerprint density at radius 1 is 0.750 bits per heavy atom. The van der Waals surface area contributed by atoms with Crippen LogP contribution in [0.15, 0.2) is 22.3 Å². The summed E-state index contributed by atoms with van der Waals surface area (Å²) in [7, 11) is 0. The predicted octanol–water partition coefficient (Wildman–Crippen LogP) is 3.94. The molecule has 1 saturated carbocycles. The van der Waals surface area contributed by atoms with E-state index >= 15 is 0 Å². The van der Waals surface area contributed by atoms with Gasteiger partial charge in [-0.3, -0.25) is 0 Å². The molecule has 90 valence electrons. The van der Waals surface area contributed by atoms with Gasteiger partial charge in [-0.05, 0) is 20.3 Å². The fraction of sp³-hybridized carbons (Fsp3) is 0.600. The highest BCUT2D eigenvalue weighted by molar-refractivity contribution is 5.60. The molecule has 0 aromatic rings. The van der Waals surface area contributed by atoms with Crippen molar-refractivity contribution in [1.29, 1.82) is 0 Å². The van der Waals surface area contributed by atoms with Crippen LogP contribution in [0.2, 0.25) is 0 Å². The molecule has 16 heavy (non-hydrogen) atoms. The quantitative estimate of drug-likeness (QED) is 0.564. The fourth-order valence-electron chi connectivity index (χ4n) is 2.36. The number of rotatable bonds is 0. The van der Waals surface area contributed by atoms with Gasteiger partial charge in [-0.15, -0.1) is 0 Å². The van der Waals surface area contributed by atoms with Gasteiger partial charge in [0.25, 0.3) is 0 Å². The summed E-state index contributed by atoms with van der Waals surface area (Å²) in [6, 6.07) is 0. The first-order chi connectivity index (χ1) is 7.05. The third-order valence-corrected chi connectivity index (χ3v) is 3.05. The Balaban J connectivity index is 2.79. The van der Waals surface area contributed by atoms with Crippen molar-refractivity contribution >= 4 is 0 Å². The second kappa shape index (κ2) is 2.65. The Morgan fingerprint density at radius 2 is 1.06 bits per heavy atom. The molecule has 0 atom stereocenters. The average Bonchev–Trinajstić information content (AvgIpc) is 2.44. The molecule has 6 heteroatoms. The lowest BCUT2D eigenvalue weighted by atomic mass is 10.1. The zero-order valence-corrected chi connectivity index (χ0v) is 8.47. The van der Waals surface area contributed by atoms with Gasteiger partial charge in [-0.25, -0.2) is 0 Å². The molecule has 2 aliphatic carbocycles. The van der Waals surface area contributed by atoms with E-state index in [2.05, 4.69) is 0 Å². The Morgan fingerprint density at radius 3 is 1.38 bits per heavy atom. The van der Waals surface area contributed by atoms with Gasteiger partial charge in [0.1, 0.15) is 0 Å². The summed E-state index contributed by atoms with van der Waals surface area (Å²) in [5.74, 6) is -14.9. The second-order valence-corrected chi connectivity index (χ2v) is 4.21. The molecule has 0 aromatic carbocycles. The predicted molar refractivity (Wildman–Crippen MR) is 44.9 cm³/mol. The van der Waals surface area contributed by atoms with E-state index in [1.807, 2.05) is 0 Å². The molecule has 0 heterocycles. The standard InChI is InChI=1S/C10H8F6/c1-4-3-5(2)7-6(4)8(11,12)10(15,16)9(7,13)14/h3H2,1-2H3. The lowest BCUT2D eigenvalue weighted by Gasteiger charge is -2.23. The monoisotopic (exact) mass is 242 g/mol. The van der Waals surface area contributed by atoms with Crippen LogP contribution >= 0.6 is 0 Å². The minimum atomic E-state index is -5.34. The topological polar surface area (TPSA) is 0 Å². The number of fused-ring (bicyclic) bond motifs is 1. The minimum Gasteiger partial charge on any atom is -0.194 e. The SMILES string of the molecule is CC1=C2C(=C(C)C1)C(F)(F)C(F)(F)C2(F)F. The number of hydrogen-bond acceptors (Lipinski definition) is 0. The van der Waals surface area contributed by atoms with Crippen molar-refractivity contribution in [3.63, 3.8) is 0 Å². The van der Waals surface area contributed by atoms with E-state index in [9.17, 15) is 26.3 Å². The first kappa shape index (κ1) is 11.5. The van der Waals surface area contributed by atoms with Gasteiger partial charge in [0, 0.05) is 11.1 Å². The lowest BCUT2D eigenvalue weighted by molar-refractivity contribution is -0.258. The summed E-state index contributed by atoms with van der Waals surface area (Å²) in [6.45, 7) is 2.36. The highest BCUT2D eigenvalue weighted by Gasteiger charge is 2.82. The molecule has 1 fully saturated rings. The molecule has 2 aliphatic rings. The molecular formula is C10H8F6. The minimum absolute atomic E-state index is 0.0913. The van der Waals surface area contributed by atoms with Gasteiger partial charge in [-0.1, -0.05) is 11.1 Å². The molecule has 0 aliphatic heterocycles. The summed E-state index contributed by atoms with van der Waals surface area (Å²) >= 11 is 0. The van der Waals surface area contributed by atoms with Crippen LogP contribution in [0.1, 0.15) is 20.3 Å². The van der Waals surface area contributed by atoms with E-state index < -0.39 is 28.9 Å². The summed E-state index contributed by atoms with van der Waals surface area (Å²) in [5.41, 5.74) is -2.54. The Kier molecular flexibility index (Phi) is 1.91. The van der Waals surface area contributed by atoms with E-state index in [1.54, 1.807) is 0 Å². The van der Waals surface area contributed by atoms with Gasteiger partial charge in [-0.2, -0.15) is 26.3 Å². The van der Waals surface area contributed by atoms with E-state index in [-0.39, 0.29) is 17.6 Å². The fourth-order valence-corrected chi connectivity index (χ4v) is 2.36. The van der Waals surface area contributed by atoms with Crippen LogP contribution in [-0.4, -0.2) is 17.8 Å². The van der Waals surface area contributed by atoms with Crippen molar-refractivity contribution in [3.05, 3.63) is 22.3 Å². The Labute approximate surface area is 87.6 Å². The Hall–Kier alpha value is -0.940. The summed E-state index contributed by atoms with van der Waals surface area (Å²) in [5, 5.41) is 0. The van der Waals surface area contributed by atoms with Crippen LogP contribution in [0.25, 0.3) is 0 Å². The van der Waals surface area contributed by atoms with Crippen molar-refractivity contribution in [2.75, 3.05) is 0 Å². The van der Waals surface area contributed by atoms with E-state index in [0.29, 0.717) is 0 Å². The first-order valence-electron chi connectivity index (χ1n) is 4.59. The zero-order valence-electron chi connectivity index (χ0n) is 8.47. The van der Waals surface area contributed by atoms with Crippen LogP contribution in [-0.2, 0) is 0 Å². The highest BCUT2D eigenvalue weighted by atomic mass is 19.3. The van der Waals surface area contributed by atoms with Crippen LogP contribution in [0.3, 0.4) is 0 Å². The largest absolute Gasteiger partial charge is 0.380 e. The lowest BCUT2D eigenvalue weighted by Crippen LogP contribution is -2.47. The number of hydrogen-bond donors (Lipinski definition) is 0. The van der Waals surface area contributed by atoms with Crippen LogP contribution < -0.4 is 0 Å². The Bertz CT molecular complexity index is 389. The number of allylic oxidation sites excluding steroid dienone is 4. The molecule has 2 rings (SSSR count). The van der Waals surface area contributed by atoms with Crippen molar-refractivity contribution in [3.8, 4) is 0 Å². The van der Waals surface area contributed by atoms with Crippen molar-refractivity contribution in [2.24, 2.45) is 0 Å². The van der Waals surface area contributed by atoms with Gasteiger partial charge in [0.15, 0.2) is 0 Å². The zero-order chi connectivity index (χ0) is 12.5. The van der Waals surface area contributed by atoms with E-state index in [0.717, 1.165) is 0 Å². The molecule has 0 bridgehead atoms. The molecule has 0 aromatic heterocycles. The maximum atomic E-state index is 13.3. The smallest absolute Gasteiger partial charge is 0.194 e. The van der Waals surface area contributed by atoms with Crippen LogP contribution in [0.4, 0.5) is 26.3 Å². The third-order valence-electron chi connectivity index (χ3n) is 3.05. The summed E-state index contributed by atoms with van der Waals surface area (Å²) in [4.78, 5) is 0. The molecule has 0 radical (unpaired) electrons. The van der Waals surface area contributed by atoms with Crippen LogP contribution in [0, 0.1) is 0 Å². The summed E-state index contributed by atoms with van der Waals surface area (Å²) < 4.78 is 79.1. The maximum Gasteiger partial charge on any atom is 0.380 e. The summed E-state index contributed by atoms with van der Waals surface area (Å²) in [6.07, 6.45) is -0.0913. The van der Waals surface area contributed by atoms with E-state index in [1.165, 1.54) is 13.8 Å². The molecule has 0 nitrogen and oxygen atoms in total. The molecule has 0 amide bonds. The van der Waals surface area contributed by atoms with Crippen LogP contribution in [0.5, 0.6) is 0 Å². The number of alkyl halides is 6. The highest BCUT2D eigenvalue weighted by Crippen LogP contribution is 2.65. The second-order valence-electron chi connectivity index (χ2n) is 4.21. The first-order valence-corrected chi connectivity index (χ1v) is 4.59. The van der Waals surface area contributed by atoms with Crippen molar-refractivity contribution < 1.29 is 26.3 Å². The molecule has 0 saturated heterocycles. The van der Waals surface area contributed by atoms with Gasteiger partial charge in [0.05, 0.1) is 0 Å².